The van der Waals surface area contributed by atoms with Gasteiger partial charge in [-0.15, -0.1) is 0 Å². The zero-order chi connectivity index (χ0) is 17.6. The first-order valence-electron chi connectivity index (χ1n) is 8.25. The third-order valence-corrected chi connectivity index (χ3v) is 4.57. The predicted molar refractivity (Wildman–Crippen MR) is 93.2 cm³/mol. The Morgan fingerprint density at radius 3 is 2.80 bits per heavy atom. The van der Waals surface area contributed by atoms with Crippen molar-refractivity contribution < 1.29 is 14.1 Å². The molecule has 2 aromatic rings. The van der Waals surface area contributed by atoms with E-state index in [-0.39, 0.29) is 0 Å². The molecule has 1 aromatic carbocycles. The van der Waals surface area contributed by atoms with Gasteiger partial charge in [0.1, 0.15) is 6.61 Å². The Balaban J connectivity index is 1.54. The molecule has 0 bridgehead atoms. The van der Waals surface area contributed by atoms with Gasteiger partial charge in [-0.3, -0.25) is 14.6 Å². The number of piperazine rings is 1. The molecule has 0 unspecified atom stereocenters. The van der Waals surface area contributed by atoms with E-state index in [4.69, 9.17) is 20.9 Å². The summed E-state index contributed by atoms with van der Waals surface area (Å²) in [6.45, 7) is 8.02. The molecule has 7 nitrogen and oxygen atoms in total. The van der Waals surface area contributed by atoms with Crippen LogP contribution in [-0.2, 0) is 16.1 Å². The molecule has 0 saturated carbocycles. The van der Waals surface area contributed by atoms with Gasteiger partial charge in [-0.05, 0) is 19.1 Å². The summed E-state index contributed by atoms with van der Waals surface area (Å²) in [6.07, 6.45) is 0. The molecule has 0 N–H and O–H groups in total. The molecule has 1 aromatic heterocycles. The van der Waals surface area contributed by atoms with Gasteiger partial charge in [0.2, 0.25) is 0 Å². The molecular weight excluding hydrogens is 344 g/mol. The van der Waals surface area contributed by atoms with Gasteiger partial charge in [0, 0.05) is 32.7 Å². The zero-order valence-corrected chi connectivity index (χ0v) is 14.9. The number of hydrogen-bond donors (Lipinski definition) is 0. The van der Waals surface area contributed by atoms with Crippen LogP contribution >= 0.6 is 11.6 Å². The van der Waals surface area contributed by atoms with E-state index in [2.05, 4.69) is 19.9 Å². The van der Waals surface area contributed by atoms with Gasteiger partial charge in [-0.25, -0.2) is 0 Å². The highest BCUT2D eigenvalue weighted by atomic mass is 35.5. The minimum absolute atomic E-state index is 0.439. The van der Waals surface area contributed by atoms with Gasteiger partial charge in [0.05, 0.1) is 17.1 Å². The first-order valence-corrected chi connectivity index (χ1v) is 8.62. The minimum Gasteiger partial charge on any atom is -0.467 e. The van der Waals surface area contributed by atoms with Gasteiger partial charge >= 0.3 is 0 Å². The van der Waals surface area contributed by atoms with Crippen molar-refractivity contribution in [3.63, 3.8) is 0 Å². The van der Waals surface area contributed by atoms with Crippen LogP contribution in [0, 0.1) is 6.92 Å². The molecule has 0 aliphatic carbocycles. The largest absolute Gasteiger partial charge is 0.467 e. The van der Waals surface area contributed by atoms with E-state index in [1.54, 1.807) is 0 Å². The first kappa shape index (κ1) is 17.8. The fourth-order valence-corrected chi connectivity index (χ4v) is 3.03. The van der Waals surface area contributed by atoms with Gasteiger partial charge in [0.25, 0.3) is 12.4 Å². The van der Waals surface area contributed by atoms with Crippen LogP contribution in [0.15, 0.2) is 22.7 Å². The molecule has 2 heterocycles. The highest BCUT2D eigenvalue weighted by Gasteiger charge is 2.19. The van der Waals surface area contributed by atoms with Crippen molar-refractivity contribution in [2.75, 3.05) is 39.3 Å². The van der Waals surface area contributed by atoms with E-state index in [1.165, 1.54) is 0 Å². The summed E-state index contributed by atoms with van der Waals surface area (Å²) in [5.74, 6) is 1.11. The number of hydrogen-bond acceptors (Lipinski definition) is 7. The number of nitrogens with zero attached hydrogens (tertiary/aromatic N) is 4. The van der Waals surface area contributed by atoms with Crippen LogP contribution in [0.3, 0.4) is 0 Å². The first-order chi connectivity index (χ1) is 12.2. The van der Waals surface area contributed by atoms with E-state index < -0.39 is 0 Å². The van der Waals surface area contributed by atoms with Gasteiger partial charge in [-0.1, -0.05) is 28.4 Å². The van der Waals surface area contributed by atoms with Crippen LogP contribution in [0.1, 0.15) is 11.4 Å². The number of carbonyl (C=O) groups is 1. The molecule has 0 radical (unpaired) electrons. The van der Waals surface area contributed by atoms with E-state index in [1.807, 2.05) is 25.1 Å². The Labute approximate surface area is 151 Å². The maximum atomic E-state index is 10.2. The molecule has 25 heavy (non-hydrogen) atoms. The number of ether oxygens (including phenoxy) is 1. The number of benzene rings is 1. The monoisotopic (exact) mass is 364 g/mol. The second kappa shape index (κ2) is 8.42. The Morgan fingerprint density at radius 1 is 1.28 bits per heavy atom. The van der Waals surface area contributed by atoms with Crippen molar-refractivity contribution in [2.24, 2.45) is 0 Å². The van der Waals surface area contributed by atoms with E-state index in [0.717, 1.165) is 43.9 Å². The summed E-state index contributed by atoms with van der Waals surface area (Å²) in [6, 6.07) is 5.73. The molecular formula is C17H21ClN4O3. The second-order valence-electron chi connectivity index (χ2n) is 6.08. The molecule has 0 atom stereocenters. The smallest absolute Gasteiger partial charge is 0.293 e. The SMILES string of the molecule is Cc1ccc(Cl)c(-c2nc(CN3CCN(CCOC=O)CC3)no2)c1. The van der Waals surface area contributed by atoms with Crippen LogP contribution in [0.2, 0.25) is 5.02 Å². The Bertz CT molecular complexity index is 714. The normalized spacial score (nSPS) is 16.1. The third kappa shape index (κ3) is 4.78. The summed E-state index contributed by atoms with van der Waals surface area (Å²) >= 11 is 6.22. The number of rotatable bonds is 7. The minimum atomic E-state index is 0.439. The summed E-state index contributed by atoms with van der Waals surface area (Å²) < 4.78 is 10.1. The Hall–Kier alpha value is -1.96. The molecule has 3 rings (SSSR count). The van der Waals surface area contributed by atoms with Crippen molar-refractivity contribution in [2.45, 2.75) is 13.5 Å². The lowest BCUT2D eigenvalue weighted by molar-refractivity contribution is -0.129. The summed E-state index contributed by atoms with van der Waals surface area (Å²) in [5, 5.41) is 4.68. The predicted octanol–water partition coefficient (Wildman–Crippen LogP) is 1.99. The van der Waals surface area contributed by atoms with Crippen molar-refractivity contribution in [3.8, 4) is 11.5 Å². The third-order valence-electron chi connectivity index (χ3n) is 4.24. The molecule has 1 saturated heterocycles. The molecule has 1 aliphatic rings. The molecule has 0 amide bonds. The molecule has 134 valence electrons. The van der Waals surface area contributed by atoms with Gasteiger partial charge < -0.3 is 9.26 Å². The van der Waals surface area contributed by atoms with E-state index >= 15 is 0 Å². The van der Waals surface area contributed by atoms with Crippen molar-refractivity contribution in [1.29, 1.82) is 0 Å². The van der Waals surface area contributed by atoms with Gasteiger partial charge in [0.15, 0.2) is 5.82 Å². The lowest BCUT2D eigenvalue weighted by Gasteiger charge is -2.33. The lowest BCUT2D eigenvalue weighted by atomic mass is 10.1. The van der Waals surface area contributed by atoms with Crippen molar-refractivity contribution >= 4 is 18.1 Å². The highest BCUT2D eigenvalue weighted by Crippen LogP contribution is 2.27. The average Bonchev–Trinajstić information content (AvgIpc) is 3.07. The molecule has 0 spiro atoms. The highest BCUT2D eigenvalue weighted by molar-refractivity contribution is 6.33. The van der Waals surface area contributed by atoms with Crippen LogP contribution in [0.5, 0.6) is 0 Å². The van der Waals surface area contributed by atoms with Crippen molar-refractivity contribution in [3.05, 3.63) is 34.6 Å². The standard InChI is InChI=1S/C17H21ClN4O3/c1-13-2-3-15(18)14(10-13)17-19-16(20-25-17)11-22-6-4-21(5-7-22)8-9-24-12-23/h2-3,10,12H,4-9,11H2,1H3. The second-order valence-corrected chi connectivity index (χ2v) is 6.49. The zero-order valence-electron chi connectivity index (χ0n) is 14.2. The summed E-state index contributed by atoms with van der Waals surface area (Å²) in [4.78, 5) is 19.2. The quantitative estimate of drug-likeness (QED) is 0.549. The van der Waals surface area contributed by atoms with Crippen LogP contribution in [0.25, 0.3) is 11.5 Å². The Kier molecular flexibility index (Phi) is 6.01. The van der Waals surface area contributed by atoms with Crippen molar-refractivity contribution in [1.82, 2.24) is 19.9 Å². The topological polar surface area (TPSA) is 71.7 Å². The fraction of sp³-hybridized carbons (Fsp3) is 0.471. The molecule has 8 heteroatoms. The fourth-order valence-electron chi connectivity index (χ4n) is 2.83. The number of aryl methyl sites for hydroxylation is 1. The van der Waals surface area contributed by atoms with Crippen LogP contribution < -0.4 is 0 Å². The average molecular weight is 365 g/mol. The number of carbonyl (C=O) groups excluding carboxylic acids is 1. The van der Waals surface area contributed by atoms with Gasteiger partial charge in [-0.2, -0.15) is 4.98 Å². The van der Waals surface area contributed by atoms with E-state index in [9.17, 15) is 4.79 Å². The number of aromatic nitrogens is 2. The molecule has 1 fully saturated rings. The van der Waals surface area contributed by atoms with Crippen LogP contribution in [-0.4, -0.2) is 65.7 Å². The summed E-state index contributed by atoms with van der Waals surface area (Å²) in [7, 11) is 0. The van der Waals surface area contributed by atoms with Crippen LogP contribution in [0.4, 0.5) is 0 Å². The number of halogens is 1. The Morgan fingerprint density at radius 2 is 2.04 bits per heavy atom. The van der Waals surface area contributed by atoms with E-state index in [0.29, 0.717) is 36.4 Å². The summed E-state index contributed by atoms with van der Waals surface area (Å²) in [5.41, 5.74) is 1.86. The molecule has 1 aliphatic heterocycles. The maximum Gasteiger partial charge on any atom is 0.293 e. The lowest BCUT2D eigenvalue weighted by Crippen LogP contribution is -2.46. The maximum absolute atomic E-state index is 10.2.